The molecule has 1 aliphatic rings. The fourth-order valence-corrected chi connectivity index (χ4v) is 4.53. The first-order valence-corrected chi connectivity index (χ1v) is 13.9. The first-order chi connectivity index (χ1) is 18.2. The lowest BCUT2D eigenvalue weighted by molar-refractivity contribution is -0.156. The number of benzene rings is 1. The highest BCUT2D eigenvalue weighted by atomic mass is 32.2. The van der Waals surface area contributed by atoms with E-state index in [4.69, 9.17) is 14.3 Å². The van der Waals surface area contributed by atoms with Crippen LogP contribution in [0.3, 0.4) is 0 Å². The molecular weight excluding hydrogens is 535 g/mol. The number of rotatable bonds is 9. The van der Waals surface area contributed by atoms with E-state index < -0.39 is 30.1 Å². The molecule has 2 rings (SSSR count). The summed E-state index contributed by atoms with van der Waals surface area (Å²) >= 11 is 1.37. The second-order valence-electron chi connectivity index (χ2n) is 9.63. The van der Waals surface area contributed by atoms with Gasteiger partial charge in [0.1, 0.15) is 5.60 Å². The van der Waals surface area contributed by atoms with Gasteiger partial charge in [-0.3, -0.25) is 14.3 Å². The largest absolute Gasteiger partial charge is 0.446 e. The first-order valence-electron chi connectivity index (χ1n) is 12.9. The van der Waals surface area contributed by atoms with Crippen LogP contribution in [-0.4, -0.2) is 67.8 Å². The molecule has 2 amide bonds. The molecule has 3 atom stereocenters. The molecule has 1 aliphatic heterocycles. The van der Waals surface area contributed by atoms with Crippen LogP contribution in [0.25, 0.3) is 0 Å². The summed E-state index contributed by atoms with van der Waals surface area (Å²) in [5.74, 6) is 0.187. The lowest BCUT2D eigenvalue weighted by Gasteiger charge is -2.34. The molecule has 1 fully saturated rings. The van der Waals surface area contributed by atoms with Gasteiger partial charge in [0.25, 0.3) is 0 Å². The van der Waals surface area contributed by atoms with Crippen LogP contribution in [0.2, 0.25) is 0 Å². The summed E-state index contributed by atoms with van der Waals surface area (Å²) in [5, 5.41) is 3.13. The van der Waals surface area contributed by atoms with Crippen molar-refractivity contribution in [3.63, 3.8) is 0 Å². The van der Waals surface area contributed by atoms with Crippen LogP contribution in [0.4, 0.5) is 18.0 Å². The number of ether oxygens (including phenoxy) is 2. The Morgan fingerprint density at radius 3 is 2.15 bits per heavy atom. The van der Waals surface area contributed by atoms with Crippen LogP contribution in [0.1, 0.15) is 65.5 Å². The second kappa shape index (κ2) is 18.1. The average Bonchev–Trinajstić information content (AvgIpc) is 3.35. The number of nitrogens with one attached hydrogen (secondary N) is 2. The molecule has 1 heterocycles. The number of methoxy groups -OCH3 is 1. The smallest absolute Gasteiger partial charge is 0.444 e. The quantitative estimate of drug-likeness (QED) is 0.295. The molecule has 0 radical (unpaired) electrons. The standard InChI is InChI=1S/C23H37N3O4S.C2HF3O.C2H6/c1-16(21(27)25-31-15-18-11-9-17(10-12-18)14-24-5)20(29-6)19-8-7-13-26(19)22(28)30-23(2,3)4;3-2(4,5)1-6;1-2/h9-12,16,19-20,24H,7-8,13-15H2,1-6H3,(H,25,27);1H;1-2H3. The van der Waals surface area contributed by atoms with E-state index in [-0.39, 0.29) is 18.0 Å². The fourth-order valence-electron chi connectivity index (χ4n) is 3.77. The number of carbonyl (C=O) groups excluding carboxylic acids is 3. The number of nitrogens with zero attached hydrogens (tertiary/aromatic N) is 1. The molecule has 8 nitrogen and oxygen atoms in total. The van der Waals surface area contributed by atoms with Crippen LogP contribution in [0, 0.1) is 5.92 Å². The monoisotopic (exact) mass is 579 g/mol. The topological polar surface area (TPSA) is 97.0 Å². The van der Waals surface area contributed by atoms with Crippen LogP contribution >= 0.6 is 11.9 Å². The van der Waals surface area contributed by atoms with Gasteiger partial charge in [-0.25, -0.2) is 4.79 Å². The second-order valence-corrected chi connectivity index (χ2v) is 10.4. The van der Waals surface area contributed by atoms with Gasteiger partial charge in [0, 0.05) is 26.0 Å². The van der Waals surface area contributed by atoms with Gasteiger partial charge < -0.3 is 19.7 Å². The highest BCUT2D eigenvalue weighted by Crippen LogP contribution is 2.28. The van der Waals surface area contributed by atoms with Gasteiger partial charge in [-0.15, -0.1) is 0 Å². The summed E-state index contributed by atoms with van der Waals surface area (Å²) < 4.78 is 45.4. The molecule has 0 saturated carbocycles. The Bertz CT molecular complexity index is 864. The predicted octanol–water partition coefficient (Wildman–Crippen LogP) is 5.49. The molecule has 0 bridgehead atoms. The number of carbonyl (C=O) groups is 3. The number of halogens is 3. The first kappa shape index (κ1) is 36.7. The molecule has 1 aromatic rings. The van der Waals surface area contributed by atoms with Crippen molar-refractivity contribution < 1.29 is 37.0 Å². The molecule has 0 spiro atoms. The Labute approximate surface area is 234 Å². The maximum absolute atomic E-state index is 12.8. The fraction of sp³-hybridized carbons (Fsp3) is 0.667. The number of alkyl halides is 3. The highest BCUT2D eigenvalue weighted by molar-refractivity contribution is 7.97. The van der Waals surface area contributed by atoms with E-state index in [0.717, 1.165) is 24.9 Å². The Morgan fingerprint density at radius 2 is 1.69 bits per heavy atom. The van der Waals surface area contributed by atoms with Crippen LogP contribution in [0.15, 0.2) is 24.3 Å². The predicted molar refractivity (Wildman–Crippen MR) is 148 cm³/mol. The van der Waals surface area contributed by atoms with Crippen molar-refractivity contribution in [1.82, 2.24) is 14.9 Å². The van der Waals surface area contributed by atoms with E-state index in [1.165, 1.54) is 17.5 Å². The van der Waals surface area contributed by atoms with Crippen LogP contribution in [-0.2, 0) is 31.4 Å². The van der Waals surface area contributed by atoms with E-state index in [9.17, 15) is 22.8 Å². The molecular formula is C27H44F3N3O5S. The third-order valence-corrected chi connectivity index (χ3v) is 6.26. The zero-order chi connectivity index (χ0) is 30.2. The van der Waals surface area contributed by atoms with Gasteiger partial charge in [-0.1, -0.05) is 45.0 Å². The van der Waals surface area contributed by atoms with Crippen molar-refractivity contribution in [3.05, 3.63) is 35.4 Å². The van der Waals surface area contributed by atoms with E-state index in [1.54, 1.807) is 12.0 Å². The normalized spacial score (nSPS) is 16.6. The molecule has 2 N–H and O–H groups in total. The number of hydrogen-bond acceptors (Lipinski definition) is 7. The van der Waals surface area contributed by atoms with Crippen LogP contribution in [0.5, 0.6) is 0 Å². The lowest BCUT2D eigenvalue weighted by Crippen LogP contribution is -2.50. The van der Waals surface area contributed by atoms with Crippen molar-refractivity contribution in [1.29, 1.82) is 0 Å². The minimum Gasteiger partial charge on any atom is -0.444 e. The third kappa shape index (κ3) is 14.6. The summed E-state index contributed by atoms with van der Waals surface area (Å²) in [6.07, 6.45) is -4.78. The molecule has 12 heteroatoms. The number of likely N-dealkylation sites (tertiary alicyclic amines) is 1. The maximum atomic E-state index is 12.8. The molecule has 1 saturated heterocycles. The molecule has 39 heavy (non-hydrogen) atoms. The van der Waals surface area contributed by atoms with Crippen molar-refractivity contribution in [2.75, 3.05) is 20.7 Å². The number of hydrogen-bond donors (Lipinski definition) is 2. The number of aldehydes is 1. The molecule has 3 unspecified atom stereocenters. The van der Waals surface area contributed by atoms with Crippen molar-refractivity contribution in [2.45, 2.75) is 90.6 Å². The van der Waals surface area contributed by atoms with E-state index in [2.05, 4.69) is 34.3 Å². The molecule has 224 valence electrons. The minimum atomic E-state index is -4.64. The molecule has 0 aromatic heterocycles. The Balaban J connectivity index is 0.00000159. The average molecular weight is 580 g/mol. The van der Waals surface area contributed by atoms with Gasteiger partial charge >= 0.3 is 12.3 Å². The van der Waals surface area contributed by atoms with Crippen molar-refractivity contribution in [3.8, 4) is 0 Å². The summed E-state index contributed by atoms with van der Waals surface area (Å²) in [7, 11) is 3.52. The Morgan fingerprint density at radius 1 is 1.15 bits per heavy atom. The van der Waals surface area contributed by atoms with Gasteiger partial charge in [-0.05, 0) is 63.7 Å². The summed E-state index contributed by atoms with van der Waals surface area (Å²) in [6, 6.07) is 8.14. The zero-order valence-electron chi connectivity index (χ0n) is 24.2. The molecule has 0 aliphatic carbocycles. The minimum absolute atomic E-state index is 0.0975. The van der Waals surface area contributed by atoms with E-state index >= 15 is 0 Å². The van der Waals surface area contributed by atoms with E-state index in [1.807, 2.05) is 48.6 Å². The number of amides is 2. The molecule has 1 aromatic carbocycles. The van der Waals surface area contributed by atoms with E-state index in [0.29, 0.717) is 12.3 Å². The van der Waals surface area contributed by atoms with Gasteiger partial charge in [0.15, 0.2) is 0 Å². The van der Waals surface area contributed by atoms with Crippen LogP contribution < -0.4 is 10.0 Å². The van der Waals surface area contributed by atoms with Gasteiger partial charge in [-0.2, -0.15) is 13.2 Å². The Kier molecular flexibility index (Phi) is 17.0. The summed E-state index contributed by atoms with van der Waals surface area (Å²) in [4.78, 5) is 35.8. The lowest BCUT2D eigenvalue weighted by atomic mass is 9.95. The van der Waals surface area contributed by atoms with Gasteiger partial charge in [0.2, 0.25) is 12.2 Å². The SMILES string of the molecule is CC.CNCc1ccc(CSNC(=O)C(C)C(OC)C2CCCN2C(=O)OC(C)(C)C)cc1.O=CC(F)(F)F. The highest BCUT2D eigenvalue weighted by Gasteiger charge is 2.41. The maximum Gasteiger partial charge on any atom is 0.446 e. The summed E-state index contributed by atoms with van der Waals surface area (Å²) in [6.45, 7) is 12.9. The zero-order valence-corrected chi connectivity index (χ0v) is 25.0. The Hall–Kier alpha value is -2.31. The van der Waals surface area contributed by atoms with Crippen molar-refractivity contribution in [2.24, 2.45) is 5.92 Å². The third-order valence-electron chi connectivity index (χ3n) is 5.43. The summed E-state index contributed by atoms with van der Waals surface area (Å²) in [5.41, 5.74) is 1.81. The van der Waals surface area contributed by atoms with Crippen molar-refractivity contribution >= 4 is 30.2 Å². The van der Waals surface area contributed by atoms with Gasteiger partial charge in [0.05, 0.1) is 18.1 Å².